The molecule has 1 unspecified atom stereocenters. The minimum Gasteiger partial charge on any atom is -0.357 e. The van der Waals surface area contributed by atoms with E-state index in [1.54, 1.807) is 0 Å². The van der Waals surface area contributed by atoms with Gasteiger partial charge in [0.15, 0.2) is 5.96 Å². The van der Waals surface area contributed by atoms with Gasteiger partial charge in [0.1, 0.15) is 0 Å². The maximum Gasteiger partial charge on any atom is 0.241 e. The predicted octanol–water partition coefficient (Wildman–Crippen LogP) is 2.97. The fraction of sp³-hybridized carbons (Fsp3) is 0.571. The average Bonchev–Trinajstić information content (AvgIpc) is 3.24. The van der Waals surface area contributed by atoms with Crippen molar-refractivity contribution >= 4 is 47.4 Å². The molecule has 0 spiro atoms. The van der Waals surface area contributed by atoms with Crippen LogP contribution in [0, 0.1) is 5.92 Å². The minimum atomic E-state index is -0.0145. The molecule has 2 amide bonds. The van der Waals surface area contributed by atoms with Gasteiger partial charge in [0.25, 0.3) is 0 Å². The lowest BCUT2D eigenvalue weighted by Gasteiger charge is -2.17. The quantitative estimate of drug-likeness (QED) is 0.283. The smallest absolute Gasteiger partial charge is 0.241 e. The molecule has 0 aliphatic carbocycles. The van der Waals surface area contributed by atoms with Crippen molar-refractivity contribution in [2.45, 2.75) is 46.6 Å². The van der Waals surface area contributed by atoms with Crippen molar-refractivity contribution in [1.29, 1.82) is 0 Å². The lowest BCUT2D eigenvalue weighted by atomic mass is 10.1. The number of nitrogens with one attached hydrogen (secondary N) is 3. The molecule has 2 rings (SSSR count). The summed E-state index contributed by atoms with van der Waals surface area (Å²) < 4.78 is 0. The molecular weight excluding hydrogens is 481 g/mol. The van der Waals surface area contributed by atoms with Gasteiger partial charge >= 0.3 is 0 Å². The Morgan fingerprint density at radius 1 is 1.17 bits per heavy atom. The predicted molar refractivity (Wildman–Crippen MR) is 129 cm³/mol. The van der Waals surface area contributed by atoms with Crippen molar-refractivity contribution in [1.82, 2.24) is 15.5 Å². The fourth-order valence-electron chi connectivity index (χ4n) is 2.95. The number of halogens is 1. The van der Waals surface area contributed by atoms with Crippen LogP contribution in [-0.2, 0) is 16.1 Å². The number of likely N-dealkylation sites (tertiary alicyclic amines) is 1. The Bertz CT molecular complexity index is 689. The second-order valence-corrected chi connectivity index (χ2v) is 7.14. The summed E-state index contributed by atoms with van der Waals surface area (Å²) in [6, 6.07) is 7.70. The highest BCUT2D eigenvalue weighted by atomic mass is 127. The summed E-state index contributed by atoms with van der Waals surface area (Å²) in [5.74, 6) is 0.736. The summed E-state index contributed by atoms with van der Waals surface area (Å²) in [4.78, 5) is 30.7. The van der Waals surface area contributed by atoms with Crippen LogP contribution in [0.2, 0.25) is 0 Å². The maximum absolute atomic E-state index is 12.2. The Labute approximate surface area is 191 Å². The van der Waals surface area contributed by atoms with E-state index in [-0.39, 0.29) is 48.3 Å². The molecule has 1 aliphatic heterocycles. The van der Waals surface area contributed by atoms with Gasteiger partial charge in [0.2, 0.25) is 11.8 Å². The largest absolute Gasteiger partial charge is 0.357 e. The van der Waals surface area contributed by atoms with Gasteiger partial charge in [-0.15, -0.1) is 24.0 Å². The van der Waals surface area contributed by atoms with Crippen LogP contribution in [0.3, 0.4) is 0 Å². The average molecular weight is 515 g/mol. The van der Waals surface area contributed by atoms with Crippen LogP contribution in [0.15, 0.2) is 29.3 Å². The summed E-state index contributed by atoms with van der Waals surface area (Å²) in [5.41, 5.74) is 1.77. The van der Waals surface area contributed by atoms with Gasteiger partial charge in [-0.05, 0) is 43.9 Å². The number of amides is 2. The van der Waals surface area contributed by atoms with Crippen molar-refractivity contribution in [2.75, 3.05) is 31.5 Å². The number of anilines is 1. The van der Waals surface area contributed by atoms with Crippen LogP contribution in [0.5, 0.6) is 0 Å². The number of carbonyl (C=O) groups excluding carboxylic acids is 2. The number of nitrogens with zero attached hydrogens (tertiary/aromatic N) is 2. The standard InChI is InChI=1S/C21H33N5O2.HI/c1-4-16(3)20(28)25-18-10-8-9-17(13-18)14-23-21(22-5-2)24-15-19(27)26-11-6-7-12-26;/h8-10,13,16H,4-7,11-12,14-15H2,1-3H3,(H,25,28)(H2,22,23,24);1H. The second kappa shape index (κ2) is 13.4. The zero-order valence-electron chi connectivity index (χ0n) is 17.7. The Balaban J connectivity index is 0.00000420. The molecule has 1 atom stereocenters. The molecule has 8 heteroatoms. The van der Waals surface area contributed by atoms with E-state index in [0.29, 0.717) is 12.5 Å². The number of benzene rings is 1. The summed E-state index contributed by atoms with van der Waals surface area (Å²) in [5, 5.41) is 9.23. The van der Waals surface area contributed by atoms with E-state index < -0.39 is 0 Å². The molecule has 1 heterocycles. The van der Waals surface area contributed by atoms with Gasteiger partial charge in [-0.3, -0.25) is 9.59 Å². The molecule has 0 saturated carbocycles. The highest BCUT2D eigenvalue weighted by Gasteiger charge is 2.17. The van der Waals surface area contributed by atoms with Crippen molar-refractivity contribution < 1.29 is 9.59 Å². The van der Waals surface area contributed by atoms with Crippen LogP contribution in [0.1, 0.15) is 45.6 Å². The van der Waals surface area contributed by atoms with Crippen molar-refractivity contribution in [3.8, 4) is 0 Å². The van der Waals surface area contributed by atoms with Gasteiger partial charge in [-0.25, -0.2) is 4.99 Å². The molecule has 0 bridgehead atoms. The van der Waals surface area contributed by atoms with Gasteiger partial charge in [0, 0.05) is 31.2 Å². The van der Waals surface area contributed by atoms with E-state index in [4.69, 9.17) is 0 Å². The lowest BCUT2D eigenvalue weighted by molar-refractivity contribution is -0.128. The first-order valence-corrected chi connectivity index (χ1v) is 10.2. The Morgan fingerprint density at radius 2 is 1.90 bits per heavy atom. The van der Waals surface area contributed by atoms with E-state index >= 15 is 0 Å². The third-order valence-corrected chi connectivity index (χ3v) is 4.88. The molecule has 0 aromatic heterocycles. The number of rotatable bonds is 8. The number of aliphatic imine (C=N–C) groups is 1. The maximum atomic E-state index is 12.2. The lowest BCUT2D eigenvalue weighted by Crippen LogP contribution is -2.44. The Morgan fingerprint density at radius 3 is 2.55 bits per heavy atom. The fourth-order valence-corrected chi connectivity index (χ4v) is 2.95. The molecule has 3 N–H and O–H groups in total. The molecule has 162 valence electrons. The van der Waals surface area contributed by atoms with Crippen molar-refractivity contribution in [3.63, 3.8) is 0 Å². The zero-order chi connectivity index (χ0) is 20.4. The summed E-state index contributed by atoms with van der Waals surface area (Å²) in [6.45, 7) is 9.03. The SMILES string of the molecule is CCNC(=NCc1cccc(NC(=O)C(C)CC)c1)NCC(=O)N1CCCC1.I. The first kappa shape index (κ1) is 25.2. The molecule has 1 fully saturated rings. The van der Waals surface area contributed by atoms with Crippen molar-refractivity contribution in [2.24, 2.45) is 10.9 Å². The second-order valence-electron chi connectivity index (χ2n) is 7.14. The normalized spacial score (nSPS) is 14.7. The molecule has 1 aromatic carbocycles. The van der Waals surface area contributed by atoms with E-state index in [2.05, 4.69) is 20.9 Å². The molecular formula is C21H34IN5O2. The number of carbonyl (C=O) groups is 2. The summed E-state index contributed by atoms with van der Waals surface area (Å²) >= 11 is 0. The molecule has 29 heavy (non-hydrogen) atoms. The van der Waals surface area contributed by atoms with Gasteiger partial charge in [-0.2, -0.15) is 0 Å². The molecule has 7 nitrogen and oxygen atoms in total. The van der Waals surface area contributed by atoms with E-state index in [1.165, 1.54) is 0 Å². The zero-order valence-corrected chi connectivity index (χ0v) is 20.0. The first-order valence-electron chi connectivity index (χ1n) is 10.2. The number of hydrogen-bond acceptors (Lipinski definition) is 3. The van der Waals surface area contributed by atoms with Crippen LogP contribution in [0.25, 0.3) is 0 Å². The van der Waals surface area contributed by atoms with Crippen molar-refractivity contribution in [3.05, 3.63) is 29.8 Å². The van der Waals surface area contributed by atoms with E-state index in [9.17, 15) is 9.59 Å². The van der Waals surface area contributed by atoms with Crippen LogP contribution in [0.4, 0.5) is 5.69 Å². The highest BCUT2D eigenvalue weighted by molar-refractivity contribution is 14.0. The van der Waals surface area contributed by atoms with E-state index in [0.717, 1.165) is 50.1 Å². The van der Waals surface area contributed by atoms with Gasteiger partial charge in [-0.1, -0.05) is 26.0 Å². The topological polar surface area (TPSA) is 85.8 Å². The van der Waals surface area contributed by atoms with Crippen LogP contribution >= 0.6 is 24.0 Å². The Kier molecular flexibility index (Phi) is 11.6. The monoisotopic (exact) mass is 515 g/mol. The van der Waals surface area contributed by atoms with Crippen LogP contribution in [-0.4, -0.2) is 48.9 Å². The van der Waals surface area contributed by atoms with E-state index in [1.807, 2.05) is 49.9 Å². The summed E-state index contributed by atoms with van der Waals surface area (Å²) in [7, 11) is 0. The molecule has 1 aliphatic rings. The first-order chi connectivity index (χ1) is 13.5. The highest BCUT2D eigenvalue weighted by Crippen LogP contribution is 2.14. The number of hydrogen-bond donors (Lipinski definition) is 3. The van der Waals surface area contributed by atoms with Gasteiger partial charge < -0.3 is 20.9 Å². The summed E-state index contributed by atoms with van der Waals surface area (Å²) in [6.07, 6.45) is 2.98. The number of guanidine groups is 1. The minimum absolute atomic E-state index is 0. The Hall–Kier alpha value is -1.84. The van der Waals surface area contributed by atoms with Gasteiger partial charge in [0.05, 0.1) is 13.1 Å². The molecule has 0 radical (unpaired) electrons. The third-order valence-electron chi connectivity index (χ3n) is 4.88. The molecule has 1 aromatic rings. The molecule has 1 saturated heterocycles. The van der Waals surface area contributed by atoms with Crippen LogP contribution < -0.4 is 16.0 Å². The third kappa shape index (κ3) is 8.59.